The van der Waals surface area contributed by atoms with Crippen molar-refractivity contribution in [3.05, 3.63) is 59.4 Å². The lowest BCUT2D eigenvalue weighted by molar-refractivity contribution is 0.288. The van der Waals surface area contributed by atoms with Crippen molar-refractivity contribution >= 4 is 0 Å². The van der Waals surface area contributed by atoms with Crippen molar-refractivity contribution < 1.29 is 13.5 Å². The molecule has 1 aromatic carbocycles. The van der Waals surface area contributed by atoms with Gasteiger partial charge in [-0.25, -0.2) is 8.78 Å². The Balaban J connectivity index is 2.00. The minimum absolute atomic E-state index is 0.151. The van der Waals surface area contributed by atoms with Gasteiger partial charge in [-0.1, -0.05) is 0 Å². The smallest absolute Gasteiger partial charge is 0.190 e. The molecule has 3 nitrogen and oxygen atoms in total. The summed E-state index contributed by atoms with van der Waals surface area (Å²) in [7, 11) is 0. The fraction of sp³-hybridized carbons (Fsp3) is 0.312. The molecule has 1 atom stereocenters. The minimum Gasteiger partial charge on any atom is -0.487 e. The van der Waals surface area contributed by atoms with E-state index in [1.165, 1.54) is 12.1 Å². The lowest BCUT2D eigenvalue weighted by Gasteiger charge is -2.11. The number of halogens is 2. The van der Waals surface area contributed by atoms with E-state index in [0.29, 0.717) is 18.4 Å². The van der Waals surface area contributed by atoms with E-state index in [2.05, 4.69) is 4.98 Å². The number of nitrogens with zero attached hydrogens (tertiary/aromatic N) is 1. The molecule has 0 aliphatic carbocycles. The quantitative estimate of drug-likeness (QED) is 0.890. The molecule has 1 unspecified atom stereocenters. The zero-order valence-corrected chi connectivity index (χ0v) is 11.9. The van der Waals surface area contributed by atoms with Crippen molar-refractivity contribution in [3.8, 4) is 5.75 Å². The van der Waals surface area contributed by atoms with Crippen LogP contribution in [0.1, 0.15) is 18.1 Å². The van der Waals surface area contributed by atoms with Crippen LogP contribution >= 0.6 is 0 Å². The molecule has 2 aromatic rings. The van der Waals surface area contributed by atoms with E-state index in [4.69, 9.17) is 10.5 Å². The monoisotopic (exact) mass is 292 g/mol. The van der Waals surface area contributed by atoms with Gasteiger partial charge in [-0.2, -0.15) is 0 Å². The number of hydrogen-bond donors (Lipinski definition) is 1. The highest BCUT2D eigenvalue weighted by atomic mass is 19.1. The molecule has 1 aromatic heterocycles. The average molecular weight is 292 g/mol. The minimum atomic E-state index is -0.694. The van der Waals surface area contributed by atoms with E-state index in [1.54, 1.807) is 19.3 Å². The largest absolute Gasteiger partial charge is 0.487 e. The van der Waals surface area contributed by atoms with Crippen LogP contribution in [-0.4, -0.2) is 17.6 Å². The molecule has 0 aliphatic rings. The van der Waals surface area contributed by atoms with E-state index in [9.17, 15) is 8.78 Å². The van der Waals surface area contributed by atoms with Crippen molar-refractivity contribution in [3.63, 3.8) is 0 Å². The summed E-state index contributed by atoms with van der Waals surface area (Å²) in [5, 5.41) is 0. The Morgan fingerprint density at radius 1 is 1.14 bits per heavy atom. The molecule has 21 heavy (non-hydrogen) atoms. The molecule has 0 saturated carbocycles. The maximum absolute atomic E-state index is 13.9. The van der Waals surface area contributed by atoms with Crippen LogP contribution in [0.2, 0.25) is 0 Å². The molecule has 0 radical (unpaired) electrons. The predicted molar refractivity (Wildman–Crippen MR) is 77.1 cm³/mol. The van der Waals surface area contributed by atoms with Gasteiger partial charge >= 0.3 is 0 Å². The summed E-state index contributed by atoms with van der Waals surface area (Å²) in [4.78, 5) is 3.90. The molecule has 0 bridgehead atoms. The van der Waals surface area contributed by atoms with Gasteiger partial charge in [-0.05, 0) is 48.7 Å². The number of pyridine rings is 1. The van der Waals surface area contributed by atoms with Gasteiger partial charge in [0.1, 0.15) is 0 Å². The molecule has 0 spiro atoms. The summed E-state index contributed by atoms with van der Waals surface area (Å²) < 4.78 is 33.0. The van der Waals surface area contributed by atoms with Crippen LogP contribution in [0.4, 0.5) is 8.78 Å². The highest BCUT2D eigenvalue weighted by Gasteiger charge is 2.13. The number of rotatable bonds is 6. The van der Waals surface area contributed by atoms with Crippen LogP contribution in [0.25, 0.3) is 0 Å². The maximum Gasteiger partial charge on any atom is 0.190 e. The van der Waals surface area contributed by atoms with Crippen molar-refractivity contribution in [1.29, 1.82) is 0 Å². The molecule has 0 aliphatic heterocycles. The van der Waals surface area contributed by atoms with Crippen molar-refractivity contribution in [2.24, 2.45) is 5.73 Å². The number of hydrogen-bond acceptors (Lipinski definition) is 3. The third kappa shape index (κ3) is 4.49. The van der Waals surface area contributed by atoms with E-state index in [1.807, 2.05) is 12.1 Å². The summed E-state index contributed by atoms with van der Waals surface area (Å²) in [6.45, 7) is 1.99. The van der Waals surface area contributed by atoms with Crippen LogP contribution < -0.4 is 10.5 Å². The molecular formula is C16H18F2N2O. The molecule has 2 rings (SSSR count). The maximum atomic E-state index is 13.9. The van der Waals surface area contributed by atoms with Gasteiger partial charge in [-0.3, -0.25) is 4.98 Å². The highest BCUT2D eigenvalue weighted by Crippen LogP contribution is 2.24. The number of nitrogens with two attached hydrogens (primary N) is 1. The van der Waals surface area contributed by atoms with Crippen LogP contribution in [0.5, 0.6) is 5.75 Å². The summed E-state index contributed by atoms with van der Waals surface area (Å²) in [5.41, 5.74) is 7.15. The van der Waals surface area contributed by atoms with Crippen LogP contribution in [0, 0.1) is 11.6 Å². The SMILES string of the molecule is CC(N)Cc1cc(F)c(OCCc2ccncc2)c(F)c1. The van der Waals surface area contributed by atoms with Crippen molar-refractivity contribution in [2.75, 3.05) is 6.61 Å². The average Bonchev–Trinajstić information content (AvgIpc) is 2.42. The second-order valence-corrected chi connectivity index (χ2v) is 5.02. The Morgan fingerprint density at radius 3 is 2.33 bits per heavy atom. The molecule has 112 valence electrons. The molecule has 0 fully saturated rings. The fourth-order valence-corrected chi connectivity index (χ4v) is 2.06. The van der Waals surface area contributed by atoms with Crippen molar-refractivity contribution in [2.45, 2.75) is 25.8 Å². The van der Waals surface area contributed by atoms with E-state index >= 15 is 0 Å². The van der Waals surface area contributed by atoms with Crippen LogP contribution in [0.15, 0.2) is 36.7 Å². The summed E-state index contributed by atoms with van der Waals surface area (Å²) in [5.74, 6) is -1.72. The molecule has 2 N–H and O–H groups in total. The van der Waals surface area contributed by atoms with Gasteiger partial charge in [0.25, 0.3) is 0 Å². The van der Waals surface area contributed by atoms with Gasteiger partial charge in [0, 0.05) is 24.9 Å². The first-order chi connectivity index (χ1) is 10.1. The lowest BCUT2D eigenvalue weighted by atomic mass is 10.1. The molecule has 5 heteroatoms. The Labute approximate surface area is 122 Å². The Hall–Kier alpha value is -2.01. The van der Waals surface area contributed by atoms with Gasteiger partial charge in [0.2, 0.25) is 0 Å². The lowest BCUT2D eigenvalue weighted by Crippen LogP contribution is -2.18. The second-order valence-electron chi connectivity index (χ2n) is 5.02. The molecule has 0 amide bonds. The molecule has 1 heterocycles. The zero-order chi connectivity index (χ0) is 15.2. The molecular weight excluding hydrogens is 274 g/mol. The summed E-state index contributed by atoms with van der Waals surface area (Å²) in [6.07, 6.45) is 4.31. The third-order valence-corrected chi connectivity index (χ3v) is 3.00. The number of ether oxygens (including phenoxy) is 1. The zero-order valence-electron chi connectivity index (χ0n) is 11.9. The van der Waals surface area contributed by atoms with E-state index in [-0.39, 0.29) is 18.4 Å². The van der Waals surface area contributed by atoms with Crippen LogP contribution in [-0.2, 0) is 12.8 Å². The Bertz CT molecular complexity index is 565. The predicted octanol–water partition coefficient (Wildman–Crippen LogP) is 2.87. The van der Waals surface area contributed by atoms with Gasteiger partial charge in [-0.15, -0.1) is 0 Å². The number of benzene rings is 1. The van der Waals surface area contributed by atoms with Gasteiger partial charge < -0.3 is 10.5 Å². The fourth-order valence-electron chi connectivity index (χ4n) is 2.06. The summed E-state index contributed by atoms with van der Waals surface area (Å²) >= 11 is 0. The van der Waals surface area contributed by atoms with Crippen molar-refractivity contribution in [1.82, 2.24) is 4.98 Å². The van der Waals surface area contributed by atoms with Crippen LogP contribution in [0.3, 0.4) is 0 Å². The third-order valence-electron chi connectivity index (χ3n) is 3.00. The second kappa shape index (κ2) is 7.13. The highest BCUT2D eigenvalue weighted by molar-refractivity contribution is 5.31. The summed E-state index contributed by atoms with van der Waals surface area (Å²) in [6, 6.07) is 6.06. The number of aromatic nitrogens is 1. The topological polar surface area (TPSA) is 48.1 Å². The standard InChI is InChI=1S/C16H18F2N2O/c1-11(19)8-13-9-14(17)16(15(18)10-13)21-7-4-12-2-5-20-6-3-12/h2-3,5-6,9-11H,4,7-8,19H2,1H3. The first-order valence-electron chi connectivity index (χ1n) is 6.81. The first kappa shape index (κ1) is 15.4. The normalized spacial score (nSPS) is 12.2. The van der Waals surface area contributed by atoms with E-state index < -0.39 is 11.6 Å². The molecule has 0 saturated heterocycles. The Kier molecular flexibility index (Phi) is 5.22. The van der Waals surface area contributed by atoms with Gasteiger partial charge in [0.15, 0.2) is 17.4 Å². The first-order valence-corrected chi connectivity index (χ1v) is 6.81. The van der Waals surface area contributed by atoms with E-state index in [0.717, 1.165) is 5.56 Å². The van der Waals surface area contributed by atoms with Gasteiger partial charge in [0.05, 0.1) is 6.61 Å². The Morgan fingerprint density at radius 2 is 1.76 bits per heavy atom.